The maximum absolute atomic E-state index is 12.1. The van der Waals surface area contributed by atoms with Gasteiger partial charge < -0.3 is 14.2 Å². The molecule has 3 nitrogen and oxygen atoms in total. The Hall–Kier alpha value is -1.20. The zero-order valence-corrected chi connectivity index (χ0v) is 11.2. The lowest BCUT2D eigenvalue weighted by molar-refractivity contribution is -0.178. The van der Waals surface area contributed by atoms with Crippen molar-refractivity contribution in [2.75, 3.05) is 13.2 Å². The molecule has 1 aliphatic carbocycles. The van der Waals surface area contributed by atoms with Crippen LogP contribution in [0.4, 0.5) is 8.78 Å². The second kappa shape index (κ2) is 5.66. The van der Waals surface area contributed by atoms with Gasteiger partial charge in [0.2, 0.25) is 0 Å². The molecule has 0 unspecified atom stereocenters. The second-order valence-electron chi connectivity index (χ2n) is 5.33. The number of hydrogen-bond donors (Lipinski definition) is 0. The molecule has 3 rings (SSSR count). The summed E-state index contributed by atoms with van der Waals surface area (Å²) in [7, 11) is 0. The van der Waals surface area contributed by atoms with E-state index >= 15 is 0 Å². The maximum atomic E-state index is 12.1. The Balaban J connectivity index is 1.60. The van der Waals surface area contributed by atoms with Crippen LogP contribution in [0.5, 0.6) is 5.75 Å². The summed E-state index contributed by atoms with van der Waals surface area (Å²) in [5, 5.41) is 0. The molecule has 1 spiro atoms. The van der Waals surface area contributed by atoms with E-state index in [0.717, 1.165) is 25.7 Å². The molecule has 1 saturated carbocycles. The summed E-state index contributed by atoms with van der Waals surface area (Å²) >= 11 is 0. The third-order valence-corrected chi connectivity index (χ3v) is 4.14. The van der Waals surface area contributed by atoms with E-state index in [1.54, 1.807) is 12.1 Å². The molecule has 1 aromatic rings. The van der Waals surface area contributed by atoms with Gasteiger partial charge in [0.05, 0.1) is 13.2 Å². The fraction of sp³-hybridized carbons (Fsp3) is 0.600. The third kappa shape index (κ3) is 2.94. The van der Waals surface area contributed by atoms with Gasteiger partial charge >= 0.3 is 6.61 Å². The van der Waals surface area contributed by atoms with E-state index in [-0.39, 0.29) is 11.5 Å². The van der Waals surface area contributed by atoms with E-state index in [1.165, 1.54) is 5.56 Å². The topological polar surface area (TPSA) is 27.7 Å². The molecule has 2 aliphatic rings. The summed E-state index contributed by atoms with van der Waals surface area (Å²) in [4.78, 5) is 0. The van der Waals surface area contributed by atoms with Crippen molar-refractivity contribution in [2.24, 2.45) is 0 Å². The van der Waals surface area contributed by atoms with Crippen molar-refractivity contribution in [3.8, 4) is 5.75 Å². The number of benzene rings is 1. The van der Waals surface area contributed by atoms with Crippen LogP contribution in [-0.4, -0.2) is 25.6 Å². The molecule has 0 amide bonds. The molecule has 110 valence electrons. The standard InChI is InChI=1S/C15H18F2O3/c16-14(17)20-13-3-1-11(2-4-13)12-5-7-15(8-6-12)18-9-10-19-15/h1-4,12,14H,5-10H2. The smallest absolute Gasteiger partial charge is 0.387 e. The highest BCUT2D eigenvalue weighted by atomic mass is 19.3. The van der Waals surface area contributed by atoms with Crippen molar-refractivity contribution in [1.29, 1.82) is 0 Å². The number of ether oxygens (including phenoxy) is 3. The summed E-state index contributed by atoms with van der Waals surface area (Å²) in [6, 6.07) is 6.95. The SMILES string of the molecule is FC(F)Oc1ccc(C2CCC3(CC2)OCCO3)cc1. The van der Waals surface area contributed by atoms with Crippen LogP contribution in [0.3, 0.4) is 0 Å². The molecule has 0 aromatic heterocycles. The van der Waals surface area contributed by atoms with Gasteiger partial charge in [-0.2, -0.15) is 8.78 Å². The van der Waals surface area contributed by atoms with Crippen molar-refractivity contribution in [3.05, 3.63) is 29.8 Å². The van der Waals surface area contributed by atoms with Crippen molar-refractivity contribution in [3.63, 3.8) is 0 Å². The van der Waals surface area contributed by atoms with Gasteiger partial charge in [0.25, 0.3) is 0 Å². The Morgan fingerprint density at radius 2 is 1.65 bits per heavy atom. The van der Waals surface area contributed by atoms with Crippen LogP contribution < -0.4 is 4.74 Å². The average molecular weight is 284 g/mol. The minimum atomic E-state index is -2.77. The summed E-state index contributed by atoms with van der Waals surface area (Å²) in [5.74, 6) is 0.294. The third-order valence-electron chi connectivity index (χ3n) is 4.14. The van der Waals surface area contributed by atoms with Crippen LogP contribution in [0.15, 0.2) is 24.3 Å². The highest BCUT2D eigenvalue weighted by Crippen LogP contribution is 2.42. The number of halogens is 2. The van der Waals surface area contributed by atoms with Gasteiger partial charge in [0.15, 0.2) is 5.79 Å². The highest BCUT2D eigenvalue weighted by molar-refractivity contribution is 5.29. The lowest BCUT2D eigenvalue weighted by Gasteiger charge is -2.35. The second-order valence-corrected chi connectivity index (χ2v) is 5.33. The predicted molar refractivity (Wildman–Crippen MR) is 68.9 cm³/mol. The van der Waals surface area contributed by atoms with Gasteiger partial charge in [-0.05, 0) is 36.5 Å². The predicted octanol–water partition coefficient (Wildman–Crippen LogP) is 3.69. The van der Waals surface area contributed by atoms with Crippen molar-refractivity contribution in [2.45, 2.75) is 44.0 Å². The molecule has 20 heavy (non-hydrogen) atoms. The molecule has 1 saturated heterocycles. The summed E-state index contributed by atoms with van der Waals surface area (Å²) in [5.41, 5.74) is 1.17. The summed E-state index contributed by atoms with van der Waals surface area (Å²) in [6.45, 7) is -1.40. The van der Waals surface area contributed by atoms with Crippen LogP contribution in [0, 0.1) is 0 Å². The van der Waals surface area contributed by atoms with Gasteiger partial charge in [0.1, 0.15) is 5.75 Å². The molecular weight excluding hydrogens is 266 g/mol. The Morgan fingerprint density at radius 3 is 2.20 bits per heavy atom. The van der Waals surface area contributed by atoms with Gasteiger partial charge in [-0.1, -0.05) is 12.1 Å². The number of hydrogen-bond acceptors (Lipinski definition) is 3. The first-order chi connectivity index (χ1) is 9.67. The molecule has 0 radical (unpaired) electrons. The maximum Gasteiger partial charge on any atom is 0.387 e. The first-order valence-corrected chi connectivity index (χ1v) is 7.00. The molecule has 0 bridgehead atoms. The van der Waals surface area contributed by atoms with Crippen LogP contribution >= 0.6 is 0 Å². The van der Waals surface area contributed by atoms with Crippen LogP contribution in [0.25, 0.3) is 0 Å². The summed E-state index contributed by atoms with van der Waals surface area (Å²) in [6.07, 6.45) is 3.78. The van der Waals surface area contributed by atoms with E-state index in [4.69, 9.17) is 9.47 Å². The minimum absolute atomic E-state index is 0.207. The number of rotatable bonds is 3. The van der Waals surface area contributed by atoms with Crippen LogP contribution in [0.1, 0.15) is 37.2 Å². The van der Waals surface area contributed by atoms with E-state index < -0.39 is 6.61 Å². The molecule has 0 atom stereocenters. The molecule has 0 N–H and O–H groups in total. The normalized spacial score (nSPS) is 22.6. The van der Waals surface area contributed by atoms with Crippen LogP contribution in [-0.2, 0) is 9.47 Å². The zero-order valence-electron chi connectivity index (χ0n) is 11.2. The molecular formula is C15H18F2O3. The quantitative estimate of drug-likeness (QED) is 0.847. The van der Waals surface area contributed by atoms with Crippen molar-refractivity contribution >= 4 is 0 Å². The summed E-state index contributed by atoms with van der Waals surface area (Å²) < 4.78 is 40.0. The van der Waals surface area contributed by atoms with Crippen molar-refractivity contribution in [1.82, 2.24) is 0 Å². The molecule has 1 aliphatic heterocycles. The van der Waals surface area contributed by atoms with E-state index in [1.807, 2.05) is 12.1 Å². The zero-order chi connectivity index (χ0) is 14.0. The van der Waals surface area contributed by atoms with Gasteiger partial charge in [-0.15, -0.1) is 0 Å². The van der Waals surface area contributed by atoms with Crippen LogP contribution in [0.2, 0.25) is 0 Å². The molecule has 1 heterocycles. The van der Waals surface area contributed by atoms with E-state index in [9.17, 15) is 8.78 Å². The Morgan fingerprint density at radius 1 is 1.05 bits per heavy atom. The molecule has 5 heteroatoms. The van der Waals surface area contributed by atoms with Gasteiger partial charge in [-0.25, -0.2) is 0 Å². The van der Waals surface area contributed by atoms with E-state index in [0.29, 0.717) is 19.1 Å². The van der Waals surface area contributed by atoms with Gasteiger partial charge in [0, 0.05) is 12.8 Å². The minimum Gasteiger partial charge on any atom is -0.435 e. The highest BCUT2D eigenvalue weighted by Gasteiger charge is 2.40. The van der Waals surface area contributed by atoms with Crippen molar-refractivity contribution < 1.29 is 23.0 Å². The lowest BCUT2D eigenvalue weighted by atomic mass is 9.81. The van der Waals surface area contributed by atoms with Gasteiger partial charge in [-0.3, -0.25) is 0 Å². The van der Waals surface area contributed by atoms with E-state index in [2.05, 4.69) is 4.74 Å². The molecule has 1 aromatic carbocycles. The first-order valence-electron chi connectivity index (χ1n) is 7.00. The lowest BCUT2D eigenvalue weighted by Crippen LogP contribution is -2.34. The Bertz CT molecular complexity index is 431. The number of alkyl halides is 2. The Kier molecular flexibility index (Phi) is 3.89. The fourth-order valence-corrected chi connectivity index (χ4v) is 3.10. The first kappa shape index (κ1) is 13.8. The Labute approximate surface area is 116 Å². The fourth-order valence-electron chi connectivity index (χ4n) is 3.10. The average Bonchev–Trinajstić information content (AvgIpc) is 2.89. The monoisotopic (exact) mass is 284 g/mol. The molecule has 2 fully saturated rings. The largest absolute Gasteiger partial charge is 0.435 e.